The molecule has 1 aromatic carbocycles. The van der Waals surface area contributed by atoms with Crippen molar-refractivity contribution < 1.29 is 28.7 Å². The fourth-order valence-corrected chi connectivity index (χ4v) is 5.59. The molecule has 0 aromatic heterocycles. The van der Waals surface area contributed by atoms with Crippen LogP contribution in [0.1, 0.15) is 10.4 Å². The van der Waals surface area contributed by atoms with Gasteiger partial charge in [0.15, 0.2) is 5.37 Å². The molecule has 2 aliphatic rings. The first-order valence-electron chi connectivity index (χ1n) is 8.52. The second-order valence-corrected chi connectivity index (χ2v) is 8.26. The lowest BCUT2D eigenvalue weighted by Crippen LogP contribution is -2.56. The molecule has 3 rings (SSSR count). The van der Waals surface area contributed by atoms with E-state index in [1.807, 2.05) is 6.07 Å². The molecule has 28 heavy (non-hydrogen) atoms. The summed E-state index contributed by atoms with van der Waals surface area (Å²) in [6.45, 7) is 0. The number of rotatable bonds is 4. The number of thioether (sulfide) groups is 2. The Bertz CT molecular complexity index is 751. The minimum absolute atomic E-state index is 0.227. The molecule has 2 amide bonds. The Morgan fingerprint density at radius 2 is 1.64 bits per heavy atom. The molecular formula is C18H20N2O6S2. The van der Waals surface area contributed by atoms with Crippen molar-refractivity contribution in [3.8, 4) is 0 Å². The van der Waals surface area contributed by atoms with Crippen molar-refractivity contribution in [2.45, 2.75) is 17.5 Å². The highest BCUT2D eigenvalue weighted by Crippen LogP contribution is 2.34. The van der Waals surface area contributed by atoms with E-state index in [1.165, 1.54) is 35.8 Å². The van der Waals surface area contributed by atoms with Gasteiger partial charge >= 0.3 is 11.9 Å². The molecule has 10 heteroatoms. The monoisotopic (exact) mass is 424 g/mol. The molecule has 150 valence electrons. The summed E-state index contributed by atoms with van der Waals surface area (Å²) in [5, 5.41) is -0.944. The molecule has 0 radical (unpaired) electrons. The Morgan fingerprint density at radius 3 is 2.29 bits per heavy atom. The van der Waals surface area contributed by atoms with Gasteiger partial charge in [0.1, 0.15) is 12.1 Å². The molecular weight excluding hydrogens is 404 g/mol. The Morgan fingerprint density at radius 1 is 0.964 bits per heavy atom. The van der Waals surface area contributed by atoms with Crippen molar-refractivity contribution in [2.75, 3.05) is 31.6 Å². The number of esters is 2. The zero-order valence-electron chi connectivity index (χ0n) is 15.4. The lowest BCUT2D eigenvalue weighted by Gasteiger charge is -2.32. The summed E-state index contributed by atoms with van der Waals surface area (Å²) >= 11 is 2.60. The number of carbonyl (C=O) groups is 4. The van der Waals surface area contributed by atoms with Gasteiger partial charge in [0.05, 0.1) is 20.1 Å². The SMILES string of the molecule is COC(=O)[C@H]1SC[C@@H](C(=O)OC)N1C(=O)[C@@H]1CSCN1C(=O)c1ccccc1. The average molecular weight is 425 g/mol. The summed E-state index contributed by atoms with van der Waals surface area (Å²) in [4.78, 5) is 53.2. The summed E-state index contributed by atoms with van der Waals surface area (Å²) in [7, 11) is 2.46. The first kappa shape index (κ1) is 20.5. The van der Waals surface area contributed by atoms with Gasteiger partial charge in [0, 0.05) is 17.1 Å². The predicted molar refractivity (Wildman–Crippen MR) is 105 cm³/mol. The van der Waals surface area contributed by atoms with E-state index in [0.717, 1.165) is 11.8 Å². The van der Waals surface area contributed by atoms with E-state index in [1.54, 1.807) is 24.3 Å². The number of hydrogen-bond donors (Lipinski definition) is 0. The van der Waals surface area contributed by atoms with Gasteiger partial charge in [-0.2, -0.15) is 0 Å². The van der Waals surface area contributed by atoms with Gasteiger partial charge in [-0.05, 0) is 12.1 Å². The number of benzene rings is 1. The minimum Gasteiger partial charge on any atom is -0.467 e. The third kappa shape index (κ3) is 3.83. The predicted octanol–water partition coefficient (Wildman–Crippen LogP) is 0.818. The molecule has 0 saturated carbocycles. The topological polar surface area (TPSA) is 93.2 Å². The second kappa shape index (κ2) is 8.87. The van der Waals surface area contributed by atoms with Gasteiger partial charge < -0.3 is 19.3 Å². The molecule has 3 atom stereocenters. The second-order valence-electron chi connectivity index (χ2n) is 6.15. The van der Waals surface area contributed by atoms with Gasteiger partial charge in [-0.15, -0.1) is 23.5 Å². The van der Waals surface area contributed by atoms with E-state index < -0.39 is 35.3 Å². The van der Waals surface area contributed by atoms with Crippen molar-refractivity contribution in [3.63, 3.8) is 0 Å². The fraction of sp³-hybridized carbons (Fsp3) is 0.444. The minimum atomic E-state index is -0.944. The van der Waals surface area contributed by atoms with Gasteiger partial charge in [0.2, 0.25) is 5.91 Å². The van der Waals surface area contributed by atoms with Crippen LogP contribution in [-0.4, -0.2) is 82.6 Å². The smallest absolute Gasteiger partial charge is 0.339 e. The van der Waals surface area contributed by atoms with Crippen molar-refractivity contribution in [3.05, 3.63) is 35.9 Å². The molecule has 0 spiro atoms. The number of nitrogens with zero attached hydrogens (tertiary/aromatic N) is 2. The third-order valence-electron chi connectivity index (χ3n) is 4.58. The first-order valence-corrected chi connectivity index (χ1v) is 10.7. The van der Waals surface area contributed by atoms with Gasteiger partial charge in [-0.1, -0.05) is 18.2 Å². The van der Waals surface area contributed by atoms with E-state index in [9.17, 15) is 19.2 Å². The van der Waals surface area contributed by atoms with Crippen molar-refractivity contribution in [2.24, 2.45) is 0 Å². The summed E-state index contributed by atoms with van der Waals surface area (Å²) in [5.74, 6) is -0.956. The summed E-state index contributed by atoms with van der Waals surface area (Å²) in [6, 6.07) is 7.03. The molecule has 8 nitrogen and oxygen atoms in total. The fourth-order valence-electron chi connectivity index (χ4n) is 3.14. The van der Waals surface area contributed by atoms with Crippen molar-refractivity contribution in [1.82, 2.24) is 9.80 Å². The van der Waals surface area contributed by atoms with Crippen molar-refractivity contribution in [1.29, 1.82) is 0 Å². The molecule has 1 aromatic rings. The third-order valence-corrected chi connectivity index (χ3v) is 6.84. The van der Waals surface area contributed by atoms with Gasteiger partial charge in [-0.3, -0.25) is 9.59 Å². The number of carbonyl (C=O) groups excluding carboxylic acids is 4. The maximum atomic E-state index is 13.3. The maximum absolute atomic E-state index is 13.3. The van der Waals surface area contributed by atoms with Crippen LogP contribution < -0.4 is 0 Å². The highest BCUT2D eigenvalue weighted by atomic mass is 32.2. The normalized spacial score (nSPS) is 24.1. The van der Waals surface area contributed by atoms with E-state index in [4.69, 9.17) is 9.47 Å². The zero-order valence-corrected chi connectivity index (χ0v) is 17.0. The van der Waals surface area contributed by atoms with Crippen LogP contribution in [0.2, 0.25) is 0 Å². The van der Waals surface area contributed by atoms with Crippen LogP contribution in [-0.2, 0) is 23.9 Å². The Balaban J connectivity index is 1.87. The quantitative estimate of drug-likeness (QED) is 0.656. The molecule has 2 heterocycles. The molecule has 2 fully saturated rings. The van der Waals surface area contributed by atoms with Gasteiger partial charge in [-0.25, -0.2) is 9.59 Å². The molecule has 2 aliphatic heterocycles. The van der Waals surface area contributed by atoms with Crippen LogP contribution in [0.25, 0.3) is 0 Å². The zero-order chi connectivity index (χ0) is 20.3. The highest BCUT2D eigenvalue weighted by molar-refractivity contribution is 8.01. The molecule has 0 N–H and O–H groups in total. The van der Waals surface area contributed by atoms with Crippen molar-refractivity contribution >= 4 is 47.3 Å². The van der Waals surface area contributed by atoms with Crippen LogP contribution in [0.5, 0.6) is 0 Å². The highest BCUT2D eigenvalue weighted by Gasteiger charge is 2.50. The number of ether oxygens (including phenoxy) is 2. The summed E-state index contributed by atoms with van der Waals surface area (Å²) in [5.41, 5.74) is 0.479. The molecule has 0 bridgehead atoms. The van der Waals surface area contributed by atoms with E-state index >= 15 is 0 Å². The standard InChI is InChI=1S/C18H20N2O6S2/c1-25-17(23)13-9-28-16(18(24)26-2)20(13)15(22)12-8-27-10-19(12)14(21)11-6-4-3-5-7-11/h3-7,12-13,16H,8-10H2,1-2H3/t12-,13-,16+/m0/s1. The summed E-state index contributed by atoms with van der Waals surface area (Å²) < 4.78 is 9.59. The van der Waals surface area contributed by atoms with E-state index in [-0.39, 0.29) is 11.7 Å². The first-order chi connectivity index (χ1) is 13.5. The van der Waals surface area contributed by atoms with Crippen LogP contribution >= 0.6 is 23.5 Å². The van der Waals surface area contributed by atoms with E-state index in [0.29, 0.717) is 17.2 Å². The number of amides is 2. The lowest BCUT2D eigenvalue weighted by molar-refractivity contribution is -0.157. The largest absolute Gasteiger partial charge is 0.467 e. The average Bonchev–Trinajstić information content (AvgIpc) is 3.39. The number of methoxy groups -OCH3 is 2. The maximum Gasteiger partial charge on any atom is 0.339 e. The summed E-state index contributed by atoms with van der Waals surface area (Å²) in [6.07, 6.45) is 0. The lowest BCUT2D eigenvalue weighted by atomic mass is 10.1. The molecule has 0 unspecified atom stereocenters. The molecule has 0 aliphatic carbocycles. The van der Waals surface area contributed by atoms with Crippen LogP contribution in [0.15, 0.2) is 30.3 Å². The van der Waals surface area contributed by atoms with Gasteiger partial charge in [0.25, 0.3) is 5.91 Å². The van der Waals surface area contributed by atoms with Crippen LogP contribution in [0.3, 0.4) is 0 Å². The van der Waals surface area contributed by atoms with E-state index in [2.05, 4.69) is 0 Å². The number of hydrogen-bond acceptors (Lipinski definition) is 8. The Kier molecular flexibility index (Phi) is 6.50. The molecule has 2 saturated heterocycles. The Hall–Kier alpha value is -2.20. The van der Waals surface area contributed by atoms with Crippen LogP contribution in [0, 0.1) is 0 Å². The van der Waals surface area contributed by atoms with Crippen LogP contribution in [0.4, 0.5) is 0 Å². The Labute approximate surface area is 170 Å².